The zero-order chi connectivity index (χ0) is 12.3. The molecule has 5 heteroatoms. The molecule has 1 atom stereocenters. The topological polar surface area (TPSA) is 24.5 Å². The van der Waals surface area contributed by atoms with Crippen LogP contribution in [0.2, 0.25) is 0 Å². The van der Waals surface area contributed by atoms with Gasteiger partial charge in [-0.25, -0.2) is 0 Å². The van der Waals surface area contributed by atoms with E-state index in [1.807, 2.05) is 19.2 Å². The Balaban J connectivity index is 2.23. The third-order valence-corrected chi connectivity index (χ3v) is 3.01. The summed E-state index contributed by atoms with van der Waals surface area (Å²) in [6.07, 6.45) is 0. The Bertz CT molecular complexity index is 373. The maximum Gasteiger partial charge on any atom is 0.387 e. The van der Waals surface area contributed by atoms with Gasteiger partial charge in [0.1, 0.15) is 5.75 Å². The highest BCUT2D eigenvalue weighted by Gasteiger charge is 2.24. The number of nitrogens with zero attached hydrogens (tertiary/aromatic N) is 1. The predicted molar refractivity (Wildman–Crippen MR) is 61.3 cm³/mol. The lowest BCUT2D eigenvalue weighted by Gasteiger charge is -2.34. The molecule has 2 rings (SSSR count). The summed E-state index contributed by atoms with van der Waals surface area (Å²) < 4.78 is 29.2. The molecule has 0 bridgehead atoms. The molecule has 94 valence electrons. The number of halogens is 2. The van der Waals surface area contributed by atoms with Crippen molar-refractivity contribution in [3.8, 4) is 5.75 Å². The normalized spacial score (nSPS) is 21.8. The first-order valence-corrected chi connectivity index (χ1v) is 5.63. The number of likely N-dealkylation sites (N-methyl/N-ethyl adjacent to an activating group) is 1. The quantitative estimate of drug-likeness (QED) is 0.875. The molecular formula is C12H16F2N2O. The van der Waals surface area contributed by atoms with Crippen LogP contribution < -0.4 is 10.1 Å². The monoisotopic (exact) mass is 242 g/mol. The van der Waals surface area contributed by atoms with Crippen molar-refractivity contribution in [2.75, 3.05) is 26.7 Å². The maximum absolute atomic E-state index is 12.3. The van der Waals surface area contributed by atoms with E-state index in [9.17, 15) is 8.78 Å². The summed E-state index contributed by atoms with van der Waals surface area (Å²) in [5.41, 5.74) is 0.808. The van der Waals surface area contributed by atoms with Crippen molar-refractivity contribution in [3.63, 3.8) is 0 Å². The number of nitrogens with one attached hydrogen (secondary N) is 1. The minimum absolute atomic E-state index is 0.0821. The zero-order valence-corrected chi connectivity index (χ0v) is 9.70. The van der Waals surface area contributed by atoms with Gasteiger partial charge in [0.2, 0.25) is 0 Å². The van der Waals surface area contributed by atoms with Crippen molar-refractivity contribution >= 4 is 0 Å². The van der Waals surface area contributed by atoms with Crippen molar-refractivity contribution < 1.29 is 13.5 Å². The Morgan fingerprint density at radius 2 is 2.18 bits per heavy atom. The van der Waals surface area contributed by atoms with Crippen LogP contribution in [0.4, 0.5) is 8.78 Å². The van der Waals surface area contributed by atoms with Gasteiger partial charge in [-0.15, -0.1) is 0 Å². The number of piperazine rings is 1. The number of alkyl halides is 2. The van der Waals surface area contributed by atoms with Crippen LogP contribution in [-0.2, 0) is 0 Å². The van der Waals surface area contributed by atoms with Crippen molar-refractivity contribution in [1.29, 1.82) is 0 Å². The molecule has 0 spiro atoms. The lowest BCUT2D eigenvalue weighted by atomic mass is 10.0. The molecule has 1 heterocycles. The van der Waals surface area contributed by atoms with E-state index in [1.165, 1.54) is 0 Å². The summed E-state index contributed by atoms with van der Waals surface area (Å²) >= 11 is 0. The third kappa shape index (κ3) is 2.92. The van der Waals surface area contributed by atoms with E-state index in [-0.39, 0.29) is 11.8 Å². The molecule has 0 amide bonds. The van der Waals surface area contributed by atoms with Gasteiger partial charge in [0.25, 0.3) is 0 Å². The van der Waals surface area contributed by atoms with Crippen LogP contribution in [0.1, 0.15) is 11.6 Å². The van der Waals surface area contributed by atoms with E-state index in [1.54, 1.807) is 12.1 Å². The molecule has 1 aliphatic rings. The minimum atomic E-state index is -2.78. The second-order valence-corrected chi connectivity index (χ2v) is 4.12. The Morgan fingerprint density at radius 3 is 2.88 bits per heavy atom. The molecule has 0 aliphatic carbocycles. The van der Waals surface area contributed by atoms with Crippen LogP contribution in [0.25, 0.3) is 0 Å². The lowest BCUT2D eigenvalue weighted by Crippen LogP contribution is -2.43. The van der Waals surface area contributed by atoms with E-state index < -0.39 is 6.61 Å². The number of para-hydroxylation sites is 1. The van der Waals surface area contributed by atoms with Gasteiger partial charge in [0.05, 0.1) is 6.04 Å². The molecule has 0 saturated carbocycles. The number of hydrogen-bond acceptors (Lipinski definition) is 3. The summed E-state index contributed by atoms with van der Waals surface area (Å²) in [7, 11) is 1.99. The minimum Gasteiger partial charge on any atom is -0.434 e. The zero-order valence-electron chi connectivity index (χ0n) is 9.70. The van der Waals surface area contributed by atoms with Crippen LogP contribution in [0.5, 0.6) is 5.75 Å². The van der Waals surface area contributed by atoms with E-state index in [4.69, 9.17) is 0 Å². The fourth-order valence-electron chi connectivity index (χ4n) is 2.11. The number of benzene rings is 1. The molecule has 1 fully saturated rings. The SMILES string of the molecule is CN1CCNCC1c1ccccc1OC(F)F. The highest BCUT2D eigenvalue weighted by atomic mass is 19.3. The van der Waals surface area contributed by atoms with Gasteiger partial charge in [0, 0.05) is 25.2 Å². The molecule has 1 unspecified atom stereocenters. The first-order valence-electron chi connectivity index (χ1n) is 5.63. The summed E-state index contributed by atoms with van der Waals surface area (Å²) in [4.78, 5) is 2.14. The van der Waals surface area contributed by atoms with Crippen LogP contribution in [0.3, 0.4) is 0 Å². The van der Waals surface area contributed by atoms with Gasteiger partial charge >= 0.3 is 6.61 Å². The molecule has 1 aromatic rings. The largest absolute Gasteiger partial charge is 0.434 e. The molecule has 0 radical (unpaired) electrons. The molecular weight excluding hydrogens is 226 g/mol. The molecule has 17 heavy (non-hydrogen) atoms. The van der Waals surface area contributed by atoms with Crippen LogP contribution in [0.15, 0.2) is 24.3 Å². The Morgan fingerprint density at radius 1 is 1.41 bits per heavy atom. The lowest BCUT2D eigenvalue weighted by molar-refractivity contribution is -0.0512. The highest BCUT2D eigenvalue weighted by Crippen LogP contribution is 2.30. The van der Waals surface area contributed by atoms with Crippen molar-refractivity contribution in [2.24, 2.45) is 0 Å². The molecule has 1 N–H and O–H groups in total. The standard InChI is InChI=1S/C12H16F2N2O/c1-16-7-6-15-8-10(16)9-4-2-3-5-11(9)17-12(13)14/h2-5,10,12,15H,6-8H2,1H3. The van der Waals surface area contributed by atoms with E-state index >= 15 is 0 Å². The second-order valence-electron chi connectivity index (χ2n) is 4.12. The average molecular weight is 242 g/mol. The summed E-state index contributed by atoms with van der Waals surface area (Å²) in [6.45, 7) is -0.212. The summed E-state index contributed by atoms with van der Waals surface area (Å²) in [5.74, 6) is 0.267. The number of rotatable bonds is 3. The first-order chi connectivity index (χ1) is 8.18. The Kier molecular flexibility index (Phi) is 3.91. The highest BCUT2D eigenvalue weighted by molar-refractivity contribution is 5.36. The van der Waals surface area contributed by atoms with Crippen LogP contribution >= 0.6 is 0 Å². The van der Waals surface area contributed by atoms with Crippen molar-refractivity contribution in [3.05, 3.63) is 29.8 Å². The van der Waals surface area contributed by atoms with Crippen molar-refractivity contribution in [1.82, 2.24) is 10.2 Å². The number of ether oxygens (including phenoxy) is 1. The predicted octanol–water partition coefficient (Wildman–Crippen LogP) is 1.86. The van der Waals surface area contributed by atoms with Gasteiger partial charge in [0.15, 0.2) is 0 Å². The van der Waals surface area contributed by atoms with Gasteiger partial charge < -0.3 is 10.1 Å². The average Bonchev–Trinajstić information content (AvgIpc) is 2.30. The fraction of sp³-hybridized carbons (Fsp3) is 0.500. The van der Waals surface area contributed by atoms with Crippen LogP contribution in [-0.4, -0.2) is 38.2 Å². The second kappa shape index (κ2) is 5.42. The molecule has 0 aromatic heterocycles. The summed E-state index contributed by atoms with van der Waals surface area (Å²) in [5, 5.41) is 3.26. The van der Waals surface area contributed by atoms with Gasteiger partial charge in [-0.2, -0.15) is 8.78 Å². The van der Waals surface area contributed by atoms with Gasteiger partial charge in [-0.1, -0.05) is 18.2 Å². The number of hydrogen-bond donors (Lipinski definition) is 1. The molecule has 1 saturated heterocycles. The van der Waals surface area contributed by atoms with E-state index in [0.717, 1.165) is 25.2 Å². The molecule has 3 nitrogen and oxygen atoms in total. The molecule has 1 aliphatic heterocycles. The fourth-order valence-corrected chi connectivity index (χ4v) is 2.11. The smallest absolute Gasteiger partial charge is 0.387 e. The van der Waals surface area contributed by atoms with Crippen molar-refractivity contribution in [2.45, 2.75) is 12.7 Å². The van der Waals surface area contributed by atoms with Gasteiger partial charge in [-0.05, 0) is 13.1 Å². The third-order valence-electron chi connectivity index (χ3n) is 3.01. The Labute approximate surface area is 99.4 Å². The maximum atomic E-state index is 12.3. The van der Waals surface area contributed by atoms with E-state index in [0.29, 0.717) is 0 Å². The van der Waals surface area contributed by atoms with E-state index in [2.05, 4.69) is 15.0 Å². The molecule has 1 aromatic carbocycles. The van der Waals surface area contributed by atoms with Gasteiger partial charge in [-0.3, -0.25) is 4.90 Å². The van der Waals surface area contributed by atoms with Crippen LogP contribution in [0, 0.1) is 0 Å². The Hall–Kier alpha value is -1.20. The summed E-state index contributed by atoms with van der Waals surface area (Å²) in [6, 6.07) is 7.06. The first kappa shape index (κ1) is 12.3.